The van der Waals surface area contributed by atoms with E-state index in [1.54, 1.807) is 12.1 Å². The van der Waals surface area contributed by atoms with Crippen molar-refractivity contribution >= 4 is 23.2 Å². The maximum Gasteiger partial charge on any atom is 0.224 e. The molecule has 1 saturated carbocycles. The molecule has 5 rings (SSSR count). The number of benzene rings is 2. The number of carbonyl (C=O) groups excluding carboxylic acids is 1. The van der Waals surface area contributed by atoms with Gasteiger partial charge in [0.05, 0.1) is 12.6 Å². The Labute approximate surface area is 180 Å². The Morgan fingerprint density at radius 2 is 1.87 bits per heavy atom. The zero-order valence-corrected chi connectivity index (χ0v) is 17.5. The lowest BCUT2D eigenvalue weighted by molar-refractivity contribution is -0.132. The first kappa shape index (κ1) is 19.5. The monoisotopic (exact) mass is 428 g/mol. The third-order valence-electron chi connectivity index (χ3n) is 6.01. The minimum Gasteiger partial charge on any atom is -0.486 e. The number of fused-ring (bicyclic) bond motifs is 3. The summed E-state index contributed by atoms with van der Waals surface area (Å²) in [6, 6.07) is 11.5. The van der Waals surface area contributed by atoms with Crippen molar-refractivity contribution in [3.8, 4) is 11.5 Å². The van der Waals surface area contributed by atoms with Crippen LogP contribution < -0.4 is 14.4 Å². The number of anilines is 1. The summed E-state index contributed by atoms with van der Waals surface area (Å²) in [4.78, 5) is 17.0. The van der Waals surface area contributed by atoms with E-state index < -0.39 is 6.10 Å². The lowest BCUT2D eigenvalue weighted by Crippen LogP contribution is -2.40. The number of halogens is 1. The molecule has 158 valence electrons. The van der Waals surface area contributed by atoms with Crippen LogP contribution in [0.5, 0.6) is 11.5 Å². The van der Waals surface area contributed by atoms with E-state index in [9.17, 15) is 9.90 Å². The molecule has 2 aromatic rings. The van der Waals surface area contributed by atoms with Crippen molar-refractivity contribution in [3.63, 3.8) is 0 Å². The second-order valence-electron chi connectivity index (χ2n) is 8.10. The van der Waals surface area contributed by atoms with E-state index in [2.05, 4.69) is 4.90 Å². The number of ether oxygens (including phenoxy) is 2. The van der Waals surface area contributed by atoms with Crippen molar-refractivity contribution < 1.29 is 19.4 Å². The Bertz CT molecular complexity index is 945. The minimum atomic E-state index is -0.697. The molecule has 2 heterocycles. The summed E-state index contributed by atoms with van der Waals surface area (Å²) in [7, 11) is 0. The molecule has 30 heavy (non-hydrogen) atoms. The van der Waals surface area contributed by atoms with Crippen LogP contribution in [0, 0.1) is 0 Å². The molecular weight excluding hydrogens is 404 g/mol. The first-order valence-corrected chi connectivity index (χ1v) is 10.9. The highest BCUT2D eigenvalue weighted by atomic mass is 35.5. The summed E-state index contributed by atoms with van der Waals surface area (Å²) < 4.78 is 11.8. The predicted octanol–water partition coefficient (Wildman–Crippen LogP) is 3.55. The quantitative estimate of drug-likeness (QED) is 0.807. The number of hydrogen-bond donors (Lipinski definition) is 1. The SMILES string of the molecule is O=C1CCN(CC(O)c2ccc(Cl)cc2)c2ccc3c(c2CN1C1CC1)OCCO3. The largest absolute Gasteiger partial charge is 0.486 e. The van der Waals surface area contributed by atoms with Gasteiger partial charge in [0.25, 0.3) is 0 Å². The molecule has 0 aromatic heterocycles. The van der Waals surface area contributed by atoms with Crippen LogP contribution in [0.4, 0.5) is 5.69 Å². The molecule has 1 amide bonds. The molecule has 0 radical (unpaired) electrons. The number of β-amino-alcohol motifs (C(OH)–C–C–N with tert-alkyl or cyclic N) is 1. The number of aliphatic hydroxyl groups is 1. The fraction of sp³-hybridized carbons (Fsp3) is 0.435. The standard InChI is InChI=1S/C23H25ClN2O4/c24-16-3-1-15(2-4-16)20(27)14-25-10-9-22(28)26(17-5-6-17)13-18-19(25)7-8-21-23(18)30-12-11-29-21/h1-4,7-8,17,20,27H,5-6,9-14H2. The van der Waals surface area contributed by atoms with E-state index in [0.29, 0.717) is 50.3 Å². The summed E-state index contributed by atoms with van der Waals surface area (Å²) in [6.45, 7) is 2.45. The van der Waals surface area contributed by atoms with Crippen molar-refractivity contribution in [3.05, 3.63) is 52.5 Å². The van der Waals surface area contributed by atoms with Gasteiger partial charge in [-0.25, -0.2) is 0 Å². The Kier molecular flexibility index (Phi) is 5.21. The van der Waals surface area contributed by atoms with Crippen LogP contribution in [-0.4, -0.2) is 48.3 Å². The Morgan fingerprint density at radius 1 is 1.10 bits per heavy atom. The van der Waals surface area contributed by atoms with E-state index in [1.807, 2.05) is 29.2 Å². The molecule has 7 heteroatoms. The van der Waals surface area contributed by atoms with Gasteiger partial charge in [-0.15, -0.1) is 0 Å². The molecule has 1 fully saturated rings. The molecule has 2 aromatic carbocycles. The Balaban J connectivity index is 1.50. The smallest absolute Gasteiger partial charge is 0.224 e. The number of nitrogens with zero attached hydrogens (tertiary/aromatic N) is 2. The number of hydrogen-bond acceptors (Lipinski definition) is 5. The van der Waals surface area contributed by atoms with Crippen molar-refractivity contribution in [2.75, 3.05) is 31.2 Å². The third-order valence-corrected chi connectivity index (χ3v) is 6.26. The van der Waals surface area contributed by atoms with Crippen LogP contribution in [0.2, 0.25) is 5.02 Å². The average Bonchev–Trinajstić information content (AvgIpc) is 3.59. The Morgan fingerprint density at radius 3 is 2.63 bits per heavy atom. The molecule has 1 atom stereocenters. The highest BCUT2D eigenvalue weighted by Crippen LogP contribution is 2.43. The van der Waals surface area contributed by atoms with E-state index >= 15 is 0 Å². The first-order valence-electron chi connectivity index (χ1n) is 10.5. The number of aliphatic hydroxyl groups excluding tert-OH is 1. The highest BCUT2D eigenvalue weighted by Gasteiger charge is 2.36. The summed E-state index contributed by atoms with van der Waals surface area (Å²) >= 11 is 5.98. The van der Waals surface area contributed by atoms with Crippen LogP contribution >= 0.6 is 11.6 Å². The number of rotatable bonds is 4. The zero-order valence-electron chi connectivity index (χ0n) is 16.7. The maximum absolute atomic E-state index is 12.9. The number of amides is 1. The van der Waals surface area contributed by atoms with Gasteiger partial charge in [0.1, 0.15) is 13.2 Å². The molecule has 0 bridgehead atoms. The third kappa shape index (κ3) is 3.82. The molecular formula is C23H25ClN2O4. The Hall–Kier alpha value is -2.44. The molecule has 3 aliphatic rings. The van der Waals surface area contributed by atoms with Crippen molar-refractivity contribution in [1.29, 1.82) is 0 Å². The van der Waals surface area contributed by atoms with Crippen molar-refractivity contribution in [2.24, 2.45) is 0 Å². The van der Waals surface area contributed by atoms with Gasteiger partial charge in [-0.1, -0.05) is 23.7 Å². The van der Waals surface area contributed by atoms with Gasteiger partial charge in [-0.3, -0.25) is 4.79 Å². The summed E-state index contributed by atoms with van der Waals surface area (Å²) in [5, 5.41) is 11.5. The van der Waals surface area contributed by atoms with Crippen LogP contribution in [-0.2, 0) is 11.3 Å². The second kappa shape index (κ2) is 8.00. The van der Waals surface area contributed by atoms with Gasteiger partial charge < -0.3 is 24.4 Å². The zero-order chi connectivity index (χ0) is 20.7. The van der Waals surface area contributed by atoms with Gasteiger partial charge in [0.15, 0.2) is 11.5 Å². The fourth-order valence-corrected chi connectivity index (χ4v) is 4.40. The maximum atomic E-state index is 12.9. The normalized spacial score (nSPS) is 19.7. The lowest BCUT2D eigenvalue weighted by Gasteiger charge is -2.36. The number of carbonyl (C=O) groups is 1. The van der Waals surface area contributed by atoms with E-state index in [0.717, 1.165) is 41.2 Å². The van der Waals surface area contributed by atoms with Gasteiger partial charge in [-0.05, 0) is 42.7 Å². The molecule has 1 N–H and O–H groups in total. The highest BCUT2D eigenvalue weighted by molar-refractivity contribution is 6.30. The van der Waals surface area contributed by atoms with E-state index in [4.69, 9.17) is 21.1 Å². The fourth-order valence-electron chi connectivity index (χ4n) is 4.27. The lowest BCUT2D eigenvalue weighted by atomic mass is 10.0. The van der Waals surface area contributed by atoms with Gasteiger partial charge >= 0.3 is 0 Å². The van der Waals surface area contributed by atoms with Gasteiger partial charge in [0, 0.05) is 41.8 Å². The van der Waals surface area contributed by atoms with Crippen molar-refractivity contribution in [2.45, 2.75) is 38.0 Å². The molecule has 1 aliphatic carbocycles. The first-order chi connectivity index (χ1) is 14.6. The molecule has 2 aliphatic heterocycles. The van der Waals surface area contributed by atoms with E-state index in [-0.39, 0.29) is 5.91 Å². The molecule has 6 nitrogen and oxygen atoms in total. The van der Waals surface area contributed by atoms with Gasteiger partial charge in [-0.2, -0.15) is 0 Å². The topological polar surface area (TPSA) is 62.2 Å². The van der Waals surface area contributed by atoms with Crippen molar-refractivity contribution in [1.82, 2.24) is 4.90 Å². The van der Waals surface area contributed by atoms with Crippen LogP contribution in [0.3, 0.4) is 0 Å². The van der Waals surface area contributed by atoms with Crippen LogP contribution in [0.1, 0.15) is 36.5 Å². The summed E-state index contributed by atoms with van der Waals surface area (Å²) in [5.74, 6) is 1.61. The predicted molar refractivity (Wildman–Crippen MR) is 114 cm³/mol. The summed E-state index contributed by atoms with van der Waals surface area (Å²) in [6.07, 6.45) is 1.86. The molecule has 0 saturated heterocycles. The molecule has 0 spiro atoms. The second-order valence-corrected chi connectivity index (χ2v) is 8.54. The van der Waals surface area contributed by atoms with Crippen LogP contribution in [0.15, 0.2) is 36.4 Å². The van der Waals surface area contributed by atoms with Gasteiger partial charge in [0.2, 0.25) is 5.91 Å². The van der Waals surface area contributed by atoms with E-state index in [1.165, 1.54) is 0 Å². The van der Waals surface area contributed by atoms with Crippen LogP contribution in [0.25, 0.3) is 0 Å². The molecule has 1 unspecified atom stereocenters. The minimum absolute atomic E-state index is 0.156. The summed E-state index contributed by atoms with van der Waals surface area (Å²) in [5.41, 5.74) is 2.76. The average molecular weight is 429 g/mol.